The number of nitrogen functional groups attached to an aromatic ring is 1. The van der Waals surface area contributed by atoms with Gasteiger partial charge in [-0.1, -0.05) is 24.3 Å². The Morgan fingerprint density at radius 1 is 1.06 bits per heavy atom. The van der Waals surface area contributed by atoms with Gasteiger partial charge in [-0.3, -0.25) is 0 Å². The van der Waals surface area contributed by atoms with Crippen LogP contribution in [0.25, 0.3) is 0 Å². The number of hydrogen-bond donors (Lipinski definition) is 1. The summed E-state index contributed by atoms with van der Waals surface area (Å²) < 4.78 is 0. The van der Waals surface area contributed by atoms with Gasteiger partial charge in [0.25, 0.3) is 0 Å². The van der Waals surface area contributed by atoms with Gasteiger partial charge < -0.3 is 10.6 Å². The van der Waals surface area contributed by atoms with Gasteiger partial charge in [-0.2, -0.15) is 5.26 Å². The molecule has 0 radical (unpaired) electrons. The van der Waals surface area contributed by atoms with E-state index >= 15 is 0 Å². The second-order valence-electron chi connectivity index (χ2n) is 4.51. The monoisotopic (exact) mass is 235 g/mol. The number of nitrogens with zero attached hydrogens (tertiary/aromatic N) is 2. The van der Waals surface area contributed by atoms with Gasteiger partial charge >= 0.3 is 0 Å². The van der Waals surface area contributed by atoms with Crippen LogP contribution in [0.15, 0.2) is 42.5 Å². The van der Waals surface area contributed by atoms with E-state index in [2.05, 4.69) is 35.2 Å². The number of benzene rings is 2. The first-order valence-corrected chi connectivity index (χ1v) is 5.89. The summed E-state index contributed by atoms with van der Waals surface area (Å²) in [5.74, 6) is 0. The quantitative estimate of drug-likeness (QED) is 0.773. The average molecular weight is 235 g/mol. The molecule has 0 aliphatic carbocycles. The van der Waals surface area contributed by atoms with Crippen LogP contribution in [0.1, 0.15) is 16.7 Å². The van der Waals surface area contributed by atoms with E-state index in [0.717, 1.165) is 18.8 Å². The molecular formula is C15H13N3. The number of hydrogen-bond acceptors (Lipinski definition) is 3. The van der Waals surface area contributed by atoms with E-state index < -0.39 is 0 Å². The van der Waals surface area contributed by atoms with Crippen LogP contribution in [0.2, 0.25) is 0 Å². The van der Waals surface area contributed by atoms with Gasteiger partial charge in [0, 0.05) is 24.5 Å². The molecule has 1 aliphatic heterocycles. The van der Waals surface area contributed by atoms with E-state index in [9.17, 15) is 0 Å². The second-order valence-corrected chi connectivity index (χ2v) is 4.51. The Kier molecular flexibility index (Phi) is 2.42. The molecule has 0 atom stereocenters. The predicted molar refractivity (Wildman–Crippen MR) is 71.9 cm³/mol. The van der Waals surface area contributed by atoms with E-state index in [4.69, 9.17) is 11.0 Å². The van der Waals surface area contributed by atoms with Gasteiger partial charge in [0.15, 0.2) is 0 Å². The third kappa shape index (κ3) is 1.68. The number of nitriles is 1. The number of anilines is 2. The third-order valence-electron chi connectivity index (χ3n) is 3.36. The van der Waals surface area contributed by atoms with Crippen molar-refractivity contribution in [3.05, 3.63) is 59.2 Å². The first-order valence-electron chi connectivity index (χ1n) is 5.89. The smallest absolute Gasteiger partial charge is 0.101 e. The summed E-state index contributed by atoms with van der Waals surface area (Å²) in [6.45, 7) is 1.79. The molecule has 0 saturated carbocycles. The molecular weight excluding hydrogens is 222 g/mol. The maximum absolute atomic E-state index is 9.01. The van der Waals surface area contributed by atoms with Gasteiger partial charge in [0.05, 0.1) is 5.56 Å². The number of fused-ring (bicyclic) bond motifs is 1. The van der Waals surface area contributed by atoms with Crippen molar-refractivity contribution in [1.82, 2.24) is 0 Å². The van der Waals surface area contributed by atoms with Crippen LogP contribution in [-0.4, -0.2) is 0 Å². The van der Waals surface area contributed by atoms with Crippen LogP contribution in [-0.2, 0) is 13.1 Å². The highest BCUT2D eigenvalue weighted by Gasteiger charge is 2.18. The van der Waals surface area contributed by atoms with Crippen molar-refractivity contribution in [2.24, 2.45) is 0 Å². The Labute approximate surface area is 106 Å². The normalized spacial score (nSPS) is 13.2. The molecule has 2 aromatic carbocycles. The predicted octanol–water partition coefficient (Wildman–Crippen LogP) is 2.66. The molecule has 0 saturated heterocycles. The van der Waals surface area contributed by atoms with Crippen LogP contribution in [0, 0.1) is 11.3 Å². The Balaban J connectivity index is 1.93. The summed E-state index contributed by atoms with van der Waals surface area (Å²) in [6.07, 6.45) is 0. The lowest BCUT2D eigenvalue weighted by atomic mass is 10.1. The van der Waals surface area contributed by atoms with Crippen molar-refractivity contribution >= 4 is 11.4 Å². The van der Waals surface area contributed by atoms with Gasteiger partial charge in [-0.25, -0.2) is 0 Å². The van der Waals surface area contributed by atoms with Crippen molar-refractivity contribution in [3.63, 3.8) is 0 Å². The molecule has 1 heterocycles. The lowest BCUT2D eigenvalue weighted by Crippen LogP contribution is -2.14. The minimum atomic E-state index is 0.540. The Hall–Kier alpha value is -2.47. The molecule has 3 heteroatoms. The van der Waals surface area contributed by atoms with Crippen molar-refractivity contribution in [1.29, 1.82) is 5.26 Å². The van der Waals surface area contributed by atoms with E-state index in [0.29, 0.717) is 11.3 Å². The number of nitrogens with two attached hydrogens (primary N) is 1. The van der Waals surface area contributed by atoms with Gasteiger partial charge in [-0.05, 0) is 29.3 Å². The Bertz CT molecular complexity index is 615. The highest BCUT2D eigenvalue weighted by molar-refractivity contribution is 5.63. The van der Waals surface area contributed by atoms with Crippen LogP contribution in [0.3, 0.4) is 0 Å². The highest BCUT2D eigenvalue weighted by Crippen LogP contribution is 2.29. The zero-order valence-corrected chi connectivity index (χ0v) is 9.93. The van der Waals surface area contributed by atoms with Crippen molar-refractivity contribution in [2.45, 2.75) is 13.1 Å². The highest BCUT2D eigenvalue weighted by atomic mass is 15.1. The summed E-state index contributed by atoms with van der Waals surface area (Å²) >= 11 is 0. The summed E-state index contributed by atoms with van der Waals surface area (Å²) in [4.78, 5) is 2.25. The standard InChI is InChI=1S/C15H13N3/c16-8-13-7-14(5-6-15(13)17)18-9-11-3-1-2-4-12(11)10-18/h1-7H,9-10,17H2. The van der Waals surface area contributed by atoms with Crippen molar-refractivity contribution in [3.8, 4) is 6.07 Å². The van der Waals surface area contributed by atoms with E-state index in [1.807, 2.05) is 12.1 Å². The summed E-state index contributed by atoms with van der Waals surface area (Å²) in [7, 11) is 0. The SMILES string of the molecule is N#Cc1cc(N2Cc3ccccc3C2)ccc1N. The van der Waals surface area contributed by atoms with Gasteiger partial charge in [0.2, 0.25) is 0 Å². The summed E-state index contributed by atoms with van der Waals surface area (Å²) in [6, 6.07) is 16.2. The fraction of sp³-hybridized carbons (Fsp3) is 0.133. The van der Waals surface area contributed by atoms with Crippen LogP contribution in [0.5, 0.6) is 0 Å². The average Bonchev–Trinajstić information content (AvgIpc) is 2.83. The van der Waals surface area contributed by atoms with Crippen LogP contribution < -0.4 is 10.6 Å². The second kappa shape index (κ2) is 4.08. The molecule has 1 aliphatic rings. The fourth-order valence-corrected chi connectivity index (χ4v) is 2.35. The molecule has 0 spiro atoms. The molecule has 3 nitrogen and oxygen atoms in total. The molecule has 0 amide bonds. The molecule has 0 bridgehead atoms. The van der Waals surface area contributed by atoms with E-state index in [-0.39, 0.29) is 0 Å². The molecule has 18 heavy (non-hydrogen) atoms. The Morgan fingerprint density at radius 3 is 2.33 bits per heavy atom. The molecule has 2 aromatic rings. The van der Waals surface area contributed by atoms with E-state index in [1.54, 1.807) is 6.07 Å². The van der Waals surface area contributed by atoms with Gasteiger partial charge in [0.1, 0.15) is 6.07 Å². The lowest BCUT2D eigenvalue weighted by molar-refractivity contribution is 0.880. The first-order chi connectivity index (χ1) is 8.78. The van der Waals surface area contributed by atoms with Crippen molar-refractivity contribution < 1.29 is 0 Å². The minimum Gasteiger partial charge on any atom is -0.398 e. The summed E-state index contributed by atoms with van der Waals surface area (Å²) in [5, 5.41) is 9.01. The van der Waals surface area contributed by atoms with E-state index in [1.165, 1.54) is 11.1 Å². The van der Waals surface area contributed by atoms with Gasteiger partial charge in [-0.15, -0.1) is 0 Å². The zero-order valence-electron chi connectivity index (χ0n) is 9.93. The largest absolute Gasteiger partial charge is 0.398 e. The lowest BCUT2D eigenvalue weighted by Gasteiger charge is -2.18. The fourth-order valence-electron chi connectivity index (χ4n) is 2.35. The maximum Gasteiger partial charge on any atom is 0.101 e. The number of rotatable bonds is 1. The molecule has 0 unspecified atom stereocenters. The molecule has 2 N–H and O–H groups in total. The molecule has 88 valence electrons. The molecule has 3 rings (SSSR count). The first kappa shape index (κ1) is 10.7. The van der Waals surface area contributed by atoms with Crippen molar-refractivity contribution in [2.75, 3.05) is 10.6 Å². The van der Waals surface area contributed by atoms with Crippen LogP contribution >= 0.6 is 0 Å². The minimum absolute atomic E-state index is 0.540. The Morgan fingerprint density at radius 2 is 1.72 bits per heavy atom. The molecule has 0 aromatic heterocycles. The maximum atomic E-state index is 9.01. The topological polar surface area (TPSA) is 53.0 Å². The summed E-state index contributed by atoms with van der Waals surface area (Å²) in [5.41, 5.74) is 10.6. The zero-order chi connectivity index (χ0) is 12.5. The van der Waals surface area contributed by atoms with Crippen LogP contribution in [0.4, 0.5) is 11.4 Å². The molecule has 0 fully saturated rings. The third-order valence-corrected chi connectivity index (χ3v) is 3.36.